The van der Waals surface area contributed by atoms with Crippen molar-refractivity contribution in [3.63, 3.8) is 0 Å². The van der Waals surface area contributed by atoms with Crippen molar-refractivity contribution in [2.45, 2.75) is 13.3 Å². The molecular weight excluding hydrogens is 362 g/mol. The smallest absolute Gasteiger partial charge is 0.255 e. The summed E-state index contributed by atoms with van der Waals surface area (Å²) in [6, 6.07) is 7.01. The molecule has 28 heavy (non-hydrogen) atoms. The van der Waals surface area contributed by atoms with Gasteiger partial charge in [0, 0.05) is 49.4 Å². The standard InChI is InChI=1S/C22H20F2N2O2/c1-12-5-4-8-26(3)18-11-19-16(10-15(12)18)20(22(27)25-2)21(28-19)14-7-6-13(23)9-17(14)24/h5-7,9-11H,4,8H2,1-3H3,(H,25,27). The molecule has 0 fully saturated rings. The molecule has 2 aromatic carbocycles. The maximum Gasteiger partial charge on any atom is 0.255 e. The first-order valence-corrected chi connectivity index (χ1v) is 9.07. The van der Waals surface area contributed by atoms with Crippen LogP contribution in [0.5, 0.6) is 0 Å². The molecule has 3 aromatic rings. The molecule has 6 heteroatoms. The van der Waals surface area contributed by atoms with Gasteiger partial charge in [-0.25, -0.2) is 8.78 Å². The van der Waals surface area contributed by atoms with Gasteiger partial charge in [0.25, 0.3) is 5.91 Å². The van der Waals surface area contributed by atoms with Crippen molar-refractivity contribution in [3.8, 4) is 11.3 Å². The minimum Gasteiger partial charge on any atom is -0.455 e. The Hall–Kier alpha value is -3.15. The molecule has 1 aliphatic heterocycles. The van der Waals surface area contributed by atoms with E-state index in [-0.39, 0.29) is 22.8 Å². The molecule has 0 bridgehead atoms. The van der Waals surface area contributed by atoms with Crippen LogP contribution in [-0.2, 0) is 0 Å². The first-order chi connectivity index (χ1) is 13.4. The van der Waals surface area contributed by atoms with Gasteiger partial charge in [-0.05, 0) is 37.1 Å². The number of fused-ring (bicyclic) bond motifs is 2. The van der Waals surface area contributed by atoms with Crippen LogP contribution >= 0.6 is 0 Å². The number of amides is 1. The molecule has 1 aromatic heterocycles. The van der Waals surface area contributed by atoms with Gasteiger partial charge in [0.15, 0.2) is 5.76 Å². The number of hydrogen-bond acceptors (Lipinski definition) is 3. The summed E-state index contributed by atoms with van der Waals surface area (Å²) in [6.45, 7) is 2.89. The van der Waals surface area contributed by atoms with Crippen molar-refractivity contribution in [2.75, 3.05) is 25.5 Å². The number of carbonyl (C=O) groups excluding carboxylic acids is 1. The minimum absolute atomic E-state index is 0.0482. The Morgan fingerprint density at radius 2 is 1.96 bits per heavy atom. The third kappa shape index (κ3) is 2.85. The minimum atomic E-state index is -0.779. The van der Waals surface area contributed by atoms with Crippen LogP contribution in [0.3, 0.4) is 0 Å². The lowest BCUT2D eigenvalue weighted by Crippen LogP contribution is -2.19. The Labute approximate surface area is 161 Å². The summed E-state index contributed by atoms with van der Waals surface area (Å²) < 4.78 is 33.8. The highest BCUT2D eigenvalue weighted by molar-refractivity contribution is 6.12. The van der Waals surface area contributed by atoms with E-state index in [4.69, 9.17) is 4.42 Å². The second kappa shape index (κ2) is 6.78. The summed E-state index contributed by atoms with van der Waals surface area (Å²) in [5, 5.41) is 3.19. The number of anilines is 1. The highest BCUT2D eigenvalue weighted by atomic mass is 19.1. The average Bonchev–Trinajstić information content (AvgIpc) is 2.97. The van der Waals surface area contributed by atoms with E-state index in [0.717, 1.165) is 41.9 Å². The molecular formula is C22H20F2N2O2. The lowest BCUT2D eigenvalue weighted by molar-refractivity contribution is 0.0964. The lowest BCUT2D eigenvalue weighted by Gasteiger charge is -2.19. The van der Waals surface area contributed by atoms with Gasteiger partial charge in [0.1, 0.15) is 17.2 Å². The second-order valence-corrected chi connectivity index (χ2v) is 6.97. The third-order valence-electron chi connectivity index (χ3n) is 5.19. The van der Waals surface area contributed by atoms with E-state index < -0.39 is 11.6 Å². The van der Waals surface area contributed by atoms with Crippen molar-refractivity contribution < 1.29 is 18.0 Å². The number of carbonyl (C=O) groups is 1. The third-order valence-corrected chi connectivity index (χ3v) is 5.19. The molecule has 4 nitrogen and oxygen atoms in total. The van der Waals surface area contributed by atoms with Crippen LogP contribution in [0.25, 0.3) is 27.9 Å². The van der Waals surface area contributed by atoms with Crippen molar-refractivity contribution in [1.82, 2.24) is 5.32 Å². The molecule has 0 aliphatic carbocycles. The molecule has 0 spiro atoms. The highest BCUT2D eigenvalue weighted by Crippen LogP contribution is 2.40. The Bertz CT molecular complexity index is 1130. The number of nitrogens with zero attached hydrogens (tertiary/aromatic N) is 1. The number of rotatable bonds is 2. The zero-order valence-corrected chi connectivity index (χ0v) is 15.9. The summed E-state index contributed by atoms with van der Waals surface area (Å²) >= 11 is 0. The SMILES string of the molecule is CNC(=O)c1c(-c2ccc(F)cc2F)oc2cc3c(cc12)C(C)=CCCN3C. The Morgan fingerprint density at radius 1 is 1.18 bits per heavy atom. The normalized spacial score (nSPS) is 13.9. The summed E-state index contributed by atoms with van der Waals surface area (Å²) in [5.41, 5.74) is 3.88. The Balaban J connectivity index is 2.05. The van der Waals surface area contributed by atoms with Gasteiger partial charge in [-0.1, -0.05) is 6.08 Å². The first kappa shape index (κ1) is 18.2. The summed E-state index contributed by atoms with van der Waals surface area (Å²) in [6.07, 6.45) is 3.08. The van der Waals surface area contributed by atoms with Gasteiger partial charge in [0.2, 0.25) is 0 Å². The van der Waals surface area contributed by atoms with E-state index in [1.807, 2.05) is 26.1 Å². The fraction of sp³-hybridized carbons (Fsp3) is 0.227. The van der Waals surface area contributed by atoms with E-state index in [1.54, 1.807) is 0 Å². The van der Waals surface area contributed by atoms with Crippen LogP contribution in [0, 0.1) is 11.6 Å². The number of furan rings is 1. The van der Waals surface area contributed by atoms with E-state index in [1.165, 1.54) is 13.1 Å². The molecule has 2 heterocycles. The van der Waals surface area contributed by atoms with Gasteiger partial charge >= 0.3 is 0 Å². The Kier molecular flexibility index (Phi) is 4.41. The maximum absolute atomic E-state index is 14.4. The van der Waals surface area contributed by atoms with Crippen LogP contribution in [0.15, 0.2) is 40.8 Å². The van der Waals surface area contributed by atoms with Gasteiger partial charge in [-0.2, -0.15) is 0 Å². The van der Waals surface area contributed by atoms with Crippen LogP contribution < -0.4 is 10.2 Å². The lowest BCUT2D eigenvalue weighted by atomic mass is 9.99. The van der Waals surface area contributed by atoms with Gasteiger partial charge in [-0.3, -0.25) is 4.79 Å². The summed E-state index contributed by atoms with van der Waals surface area (Å²) in [7, 11) is 3.51. The number of nitrogens with one attached hydrogen (secondary N) is 1. The molecule has 1 N–H and O–H groups in total. The largest absolute Gasteiger partial charge is 0.455 e. The molecule has 0 atom stereocenters. The molecule has 4 rings (SSSR count). The van der Waals surface area contributed by atoms with E-state index >= 15 is 0 Å². The molecule has 0 unspecified atom stereocenters. The molecule has 144 valence electrons. The fourth-order valence-electron chi connectivity index (χ4n) is 3.68. The summed E-state index contributed by atoms with van der Waals surface area (Å²) in [5.74, 6) is -1.76. The monoisotopic (exact) mass is 382 g/mol. The topological polar surface area (TPSA) is 45.5 Å². The van der Waals surface area contributed by atoms with Crippen LogP contribution in [-0.4, -0.2) is 26.5 Å². The van der Waals surface area contributed by atoms with E-state index in [0.29, 0.717) is 11.0 Å². The fourth-order valence-corrected chi connectivity index (χ4v) is 3.68. The van der Waals surface area contributed by atoms with Crippen LogP contribution in [0.1, 0.15) is 29.3 Å². The summed E-state index contributed by atoms with van der Waals surface area (Å²) in [4.78, 5) is 14.8. The Morgan fingerprint density at radius 3 is 2.68 bits per heavy atom. The van der Waals surface area contributed by atoms with Crippen molar-refractivity contribution >= 4 is 28.1 Å². The zero-order chi connectivity index (χ0) is 20.0. The molecule has 1 amide bonds. The number of halogens is 2. The number of benzene rings is 2. The predicted octanol–water partition coefficient (Wildman–Crippen LogP) is 4.98. The van der Waals surface area contributed by atoms with E-state index in [9.17, 15) is 13.6 Å². The quantitative estimate of drug-likeness (QED) is 0.680. The van der Waals surface area contributed by atoms with Gasteiger partial charge in [-0.15, -0.1) is 0 Å². The van der Waals surface area contributed by atoms with Gasteiger partial charge < -0.3 is 14.6 Å². The molecule has 0 radical (unpaired) electrons. The molecule has 0 saturated carbocycles. The van der Waals surface area contributed by atoms with E-state index in [2.05, 4.69) is 16.3 Å². The highest BCUT2D eigenvalue weighted by Gasteiger charge is 2.26. The van der Waals surface area contributed by atoms with Crippen molar-refractivity contribution in [1.29, 1.82) is 0 Å². The molecule has 1 aliphatic rings. The second-order valence-electron chi connectivity index (χ2n) is 6.97. The van der Waals surface area contributed by atoms with Crippen LogP contribution in [0.4, 0.5) is 14.5 Å². The number of hydrogen-bond donors (Lipinski definition) is 1. The predicted molar refractivity (Wildman–Crippen MR) is 106 cm³/mol. The zero-order valence-electron chi connectivity index (χ0n) is 15.9. The maximum atomic E-state index is 14.4. The molecule has 0 saturated heterocycles. The van der Waals surface area contributed by atoms with Crippen LogP contribution in [0.2, 0.25) is 0 Å². The average molecular weight is 382 g/mol. The number of allylic oxidation sites excluding steroid dienone is 1. The van der Waals surface area contributed by atoms with Crippen molar-refractivity contribution in [3.05, 3.63) is 59.2 Å². The van der Waals surface area contributed by atoms with Gasteiger partial charge in [0.05, 0.1) is 11.1 Å². The van der Waals surface area contributed by atoms with Crippen molar-refractivity contribution in [2.24, 2.45) is 0 Å². The first-order valence-electron chi connectivity index (χ1n) is 9.07.